The Morgan fingerprint density at radius 1 is 1.10 bits per heavy atom. The number of hydrogen-bond donors (Lipinski definition) is 1. The van der Waals surface area contributed by atoms with E-state index in [9.17, 15) is 9.59 Å². The highest BCUT2D eigenvalue weighted by molar-refractivity contribution is 5.77. The van der Waals surface area contributed by atoms with Crippen LogP contribution < -0.4 is 5.32 Å². The number of ether oxygens (including phenoxy) is 1. The predicted molar refractivity (Wildman–Crippen MR) is 118 cm³/mol. The average Bonchev–Trinajstić information content (AvgIpc) is 2.95. The van der Waals surface area contributed by atoms with Crippen molar-refractivity contribution in [1.29, 1.82) is 0 Å². The number of fused-ring (bicyclic) bond motifs is 5. The van der Waals surface area contributed by atoms with Crippen LogP contribution >= 0.6 is 0 Å². The molecule has 2 amide bonds. The largest absolute Gasteiger partial charge is 0.446 e. The molecule has 30 heavy (non-hydrogen) atoms. The number of carbonyl (C=O) groups excluding carboxylic acids is 2. The van der Waals surface area contributed by atoms with Crippen LogP contribution in [0, 0.1) is 34.5 Å². The van der Waals surface area contributed by atoms with Gasteiger partial charge in [0.1, 0.15) is 6.10 Å². The fraction of sp³-hybridized carbons (Fsp3) is 0.920. The number of alkyl carbamates (subject to hydrolysis) is 1. The number of nitrogens with one attached hydrogen (secondary N) is 1. The van der Waals surface area contributed by atoms with Gasteiger partial charge in [-0.1, -0.05) is 20.8 Å². The normalized spacial score (nSPS) is 46.0. The maximum atomic E-state index is 12.5. The van der Waals surface area contributed by atoms with Crippen molar-refractivity contribution in [3.63, 3.8) is 0 Å². The first kappa shape index (κ1) is 22.0. The molecular formula is C25H42N2O3. The molecule has 1 heterocycles. The van der Waals surface area contributed by atoms with E-state index in [1.807, 2.05) is 27.8 Å². The second-order valence-electron chi connectivity index (χ2n) is 12.4. The minimum atomic E-state index is -0.278. The second-order valence-corrected chi connectivity index (χ2v) is 12.4. The molecule has 0 aromatic heterocycles. The molecule has 0 spiro atoms. The molecule has 0 aromatic rings. The summed E-state index contributed by atoms with van der Waals surface area (Å²) in [6.07, 6.45) is 7.04. The Balaban J connectivity index is 1.55. The van der Waals surface area contributed by atoms with E-state index in [1.54, 1.807) is 0 Å². The van der Waals surface area contributed by atoms with Gasteiger partial charge in [-0.2, -0.15) is 0 Å². The molecule has 3 saturated carbocycles. The fourth-order valence-corrected chi connectivity index (χ4v) is 8.07. The summed E-state index contributed by atoms with van der Waals surface area (Å²) < 4.78 is 6.03. The summed E-state index contributed by atoms with van der Waals surface area (Å²) in [7, 11) is 2.03. The maximum Gasteiger partial charge on any atom is 0.407 e. The molecule has 1 aliphatic heterocycles. The topological polar surface area (TPSA) is 58.6 Å². The molecule has 0 aromatic carbocycles. The average molecular weight is 419 g/mol. The van der Waals surface area contributed by atoms with E-state index < -0.39 is 0 Å². The molecule has 1 N–H and O–H groups in total. The number of nitrogens with zero attached hydrogens (tertiary/aromatic N) is 1. The molecular weight excluding hydrogens is 376 g/mol. The molecule has 170 valence electrons. The molecule has 3 aliphatic carbocycles. The van der Waals surface area contributed by atoms with Crippen molar-refractivity contribution < 1.29 is 14.3 Å². The van der Waals surface area contributed by atoms with Crippen molar-refractivity contribution >= 4 is 12.0 Å². The van der Waals surface area contributed by atoms with E-state index in [2.05, 4.69) is 31.0 Å². The molecule has 4 rings (SSSR count). The molecule has 8 atom stereocenters. The Bertz CT molecular complexity index is 716. The highest BCUT2D eigenvalue weighted by Gasteiger charge is 2.63. The van der Waals surface area contributed by atoms with Crippen LogP contribution in [0.2, 0.25) is 0 Å². The number of hydrogen-bond acceptors (Lipinski definition) is 3. The van der Waals surface area contributed by atoms with E-state index in [4.69, 9.17) is 4.74 Å². The lowest BCUT2D eigenvalue weighted by Gasteiger charge is -2.63. The zero-order valence-corrected chi connectivity index (χ0v) is 20.1. The lowest BCUT2D eigenvalue weighted by molar-refractivity contribution is -0.168. The third kappa shape index (κ3) is 3.35. The SMILES string of the molecule is CC1CC2N(C)C(=O)CC[C@]2(C)[C@@H]2CC[C@]3(C)C(OC(=O)NC(C)(C)C)CC[C@H]3[C@H]12. The Morgan fingerprint density at radius 3 is 2.43 bits per heavy atom. The van der Waals surface area contributed by atoms with Crippen molar-refractivity contribution in [3.8, 4) is 0 Å². The van der Waals surface area contributed by atoms with E-state index in [-0.39, 0.29) is 28.6 Å². The summed E-state index contributed by atoms with van der Waals surface area (Å²) in [5.41, 5.74) is 0.0214. The van der Waals surface area contributed by atoms with Crippen molar-refractivity contribution in [2.45, 2.75) is 104 Å². The summed E-state index contributed by atoms with van der Waals surface area (Å²) in [6.45, 7) is 13.2. The van der Waals surface area contributed by atoms with E-state index in [1.165, 1.54) is 6.42 Å². The number of amides is 2. The summed E-state index contributed by atoms with van der Waals surface area (Å²) in [6, 6.07) is 0.380. The van der Waals surface area contributed by atoms with Crippen molar-refractivity contribution in [1.82, 2.24) is 10.2 Å². The number of likely N-dealkylation sites (tertiary alicyclic amines) is 1. The van der Waals surface area contributed by atoms with Crippen molar-refractivity contribution in [2.75, 3.05) is 7.05 Å². The summed E-state index contributed by atoms with van der Waals surface area (Å²) in [5, 5.41) is 2.98. The number of carbonyl (C=O) groups is 2. The molecule has 5 heteroatoms. The Morgan fingerprint density at radius 2 is 1.77 bits per heavy atom. The van der Waals surface area contributed by atoms with Crippen LogP contribution in [0.25, 0.3) is 0 Å². The molecule has 0 bridgehead atoms. The molecule has 0 radical (unpaired) electrons. The first-order valence-corrected chi connectivity index (χ1v) is 12.1. The van der Waals surface area contributed by atoms with Gasteiger partial charge in [0, 0.05) is 30.5 Å². The number of rotatable bonds is 1. The zero-order chi connectivity index (χ0) is 22.1. The lowest BCUT2D eigenvalue weighted by atomic mass is 9.45. The third-order valence-corrected chi connectivity index (χ3v) is 9.57. The predicted octanol–water partition coefficient (Wildman–Crippen LogP) is 4.99. The smallest absolute Gasteiger partial charge is 0.407 e. The maximum absolute atomic E-state index is 12.5. The van der Waals surface area contributed by atoms with Gasteiger partial charge in [0.05, 0.1) is 0 Å². The molecule has 4 aliphatic rings. The van der Waals surface area contributed by atoms with Gasteiger partial charge in [-0.05, 0) is 88.4 Å². The standard InChI is InChI=1S/C25H42N2O3/c1-15-14-18-24(5,13-11-20(28)27(18)7)17-10-12-25(6)16(21(15)17)8-9-19(25)30-22(29)26-23(2,3)4/h15-19,21H,8-14H2,1-7H3,(H,26,29)/t15?,16-,17+,18?,19?,21-,24+,25-/m0/s1. The molecule has 1 saturated heterocycles. The van der Waals surface area contributed by atoms with Gasteiger partial charge in [-0.15, -0.1) is 0 Å². The Kier molecular flexibility index (Phi) is 5.22. The Hall–Kier alpha value is -1.26. The van der Waals surface area contributed by atoms with E-state index in [0.29, 0.717) is 42.0 Å². The second kappa shape index (κ2) is 7.13. The van der Waals surface area contributed by atoms with E-state index in [0.717, 1.165) is 32.1 Å². The molecule has 5 nitrogen and oxygen atoms in total. The quantitative estimate of drug-likeness (QED) is 0.653. The van der Waals surface area contributed by atoms with Crippen molar-refractivity contribution in [3.05, 3.63) is 0 Å². The van der Waals surface area contributed by atoms with Gasteiger partial charge >= 0.3 is 6.09 Å². The lowest BCUT2D eigenvalue weighted by Crippen LogP contribution is -2.63. The van der Waals surface area contributed by atoms with Gasteiger partial charge in [-0.25, -0.2) is 4.79 Å². The van der Waals surface area contributed by atoms with Gasteiger partial charge in [0.25, 0.3) is 0 Å². The first-order chi connectivity index (χ1) is 13.9. The summed E-state index contributed by atoms with van der Waals surface area (Å²) in [5.74, 6) is 2.88. The zero-order valence-electron chi connectivity index (χ0n) is 20.1. The van der Waals surface area contributed by atoms with Crippen LogP contribution in [0.5, 0.6) is 0 Å². The van der Waals surface area contributed by atoms with Crippen LogP contribution in [0.4, 0.5) is 4.79 Å². The van der Waals surface area contributed by atoms with Crippen LogP contribution in [-0.2, 0) is 9.53 Å². The fourth-order valence-electron chi connectivity index (χ4n) is 8.07. The molecule has 4 fully saturated rings. The number of piperidine rings is 1. The first-order valence-electron chi connectivity index (χ1n) is 12.1. The highest BCUT2D eigenvalue weighted by atomic mass is 16.6. The highest BCUT2D eigenvalue weighted by Crippen LogP contribution is 2.66. The van der Waals surface area contributed by atoms with Crippen LogP contribution in [0.1, 0.15) is 86.5 Å². The van der Waals surface area contributed by atoms with Gasteiger partial charge in [0.15, 0.2) is 0 Å². The minimum absolute atomic E-state index is 0.0131. The minimum Gasteiger partial charge on any atom is -0.446 e. The molecule has 3 unspecified atom stereocenters. The van der Waals surface area contributed by atoms with Crippen LogP contribution in [0.15, 0.2) is 0 Å². The Labute approximate surface area is 182 Å². The summed E-state index contributed by atoms with van der Waals surface area (Å²) >= 11 is 0. The van der Waals surface area contributed by atoms with Crippen LogP contribution in [-0.4, -0.2) is 41.6 Å². The van der Waals surface area contributed by atoms with Gasteiger partial charge in [-0.3, -0.25) is 4.79 Å². The third-order valence-electron chi connectivity index (χ3n) is 9.57. The monoisotopic (exact) mass is 418 g/mol. The van der Waals surface area contributed by atoms with E-state index >= 15 is 0 Å². The van der Waals surface area contributed by atoms with Gasteiger partial charge in [0.2, 0.25) is 5.91 Å². The van der Waals surface area contributed by atoms with Gasteiger partial charge < -0.3 is 15.0 Å². The summed E-state index contributed by atoms with van der Waals surface area (Å²) in [4.78, 5) is 27.0. The van der Waals surface area contributed by atoms with Crippen LogP contribution in [0.3, 0.4) is 0 Å². The van der Waals surface area contributed by atoms with Crippen molar-refractivity contribution in [2.24, 2.45) is 34.5 Å².